The average molecular weight is 329 g/mol. The van der Waals surface area contributed by atoms with Crippen LogP contribution in [0.5, 0.6) is 0 Å². The van der Waals surface area contributed by atoms with Gasteiger partial charge in [0.15, 0.2) is 0 Å². The van der Waals surface area contributed by atoms with Gasteiger partial charge in [-0.1, -0.05) is 31.0 Å². The first-order valence-corrected chi connectivity index (χ1v) is 8.98. The zero-order chi connectivity index (χ0) is 16.8. The van der Waals surface area contributed by atoms with Gasteiger partial charge in [0.25, 0.3) is 0 Å². The number of aliphatic hydroxyl groups excluding tert-OH is 1. The predicted molar refractivity (Wildman–Crippen MR) is 96.0 cm³/mol. The Morgan fingerprint density at radius 1 is 1.25 bits per heavy atom. The Hall–Kier alpha value is -2.01. The molecule has 1 heterocycles. The molecule has 2 aromatic rings. The van der Waals surface area contributed by atoms with Crippen LogP contribution in [0.3, 0.4) is 0 Å². The summed E-state index contributed by atoms with van der Waals surface area (Å²) in [4.78, 5) is 15.3. The third-order valence-corrected chi connectivity index (χ3v) is 5.04. The molecule has 5 heteroatoms. The van der Waals surface area contributed by atoms with Crippen LogP contribution in [0.25, 0.3) is 10.9 Å². The number of aromatic amines is 1. The highest BCUT2D eigenvalue weighted by atomic mass is 16.3. The van der Waals surface area contributed by atoms with Crippen LogP contribution in [0.1, 0.15) is 37.7 Å². The number of aromatic nitrogens is 1. The zero-order valence-corrected chi connectivity index (χ0v) is 14.1. The molecule has 1 aromatic heterocycles. The molecule has 0 radical (unpaired) electrons. The predicted octanol–water partition coefficient (Wildman–Crippen LogP) is 2.95. The normalized spacial score (nSPS) is 20.9. The first-order valence-electron chi connectivity index (χ1n) is 8.98. The SMILES string of the molecule is O=C(NCCCc1c[nH]c2ccccc12)NC1CCCCC1CO. The minimum Gasteiger partial charge on any atom is -0.396 e. The summed E-state index contributed by atoms with van der Waals surface area (Å²) in [5, 5.41) is 16.6. The number of urea groups is 1. The van der Waals surface area contributed by atoms with E-state index in [9.17, 15) is 9.90 Å². The summed E-state index contributed by atoms with van der Waals surface area (Å²) in [6, 6.07) is 8.27. The number of aliphatic hydroxyl groups is 1. The van der Waals surface area contributed by atoms with Gasteiger partial charge in [-0.25, -0.2) is 4.79 Å². The lowest BCUT2D eigenvalue weighted by molar-refractivity contribution is 0.153. The number of para-hydroxylation sites is 1. The molecular formula is C19H27N3O2. The maximum Gasteiger partial charge on any atom is 0.315 e. The van der Waals surface area contributed by atoms with E-state index in [1.54, 1.807) is 0 Å². The molecule has 130 valence electrons. The number of hydrogen-bond donors (Lipinski definition) is 4. The molecule has 3 rings (SSSR count). The molecule has 4 N–H and O–H groups in total. The van der Waals surface area contributed by atoms with E-state index < -0.39 is 0 Å². The summed E-state index contributed by atoms with van der Waals surface area (Å²) in [5.41, 5.74) is 2.45. The van der Waals surface area contributed by atoms with E-state index >= 15 is 0 Å². The fraction of sp³-hybridized carbons (Fsp3) is 0.526. The number of rotatable bonds is 6. The number of carbonyl (C=O) groups excluding carboxylic acids is 1. The van der Waals surface area contributed by atoms with Crippen molar-refractivity contribution in [3.05, 3.63) is 36.0 Å². The molecule has 1 saturated carbocycles. The highest BCUT2D eigenvalue weighted by Crippen LogP contribution is 2.23. The van der Waals surface area contributed by atoms with Crippen LogP contribution in [-0.2, 0) is 6.42 Å². The number of H-pyrrole nitrogens is 1. The van der Waals surface area contributed by atoms with Gasteiger partial charge >= 0.3 is 6.03 Å². The van der Waals surface area contributed by atoms with Crippen molar-refractivity contribution in [1.29, 1.82) is 0 Å². The second kappa shape index (κ2) is 8.20. The Balaban J connectivity index is 1.40. The Kier molecular flexibility index (Phi) is 5.75. The van der Waals surface area contributed by atoms with Crippen molar-refractivity contribution in [2.75, 3.05) is 13.2 Å². The number of hydrogen-bond acceptors (Lipinski definition) is 2. The summed E-state index contributed by atoms with van der Waals surface area (Å²) in [6.45, 7) is 0.813. The van der Waals surface area contributed by atoms with Crippen LogP contribution in [0.15, 0.2) is 30.5 Å². The molecule has 2 unspecified atom stereocenters. The van der Waals surface area contributed by atoms with Gasteiger partial charge in [0.1, 0.15) is 0 Å². The molecule has 0 aliphatic heterocycles. The van der Waals surface area contributed by atoms with Crippen LogP contribution in [0, 0.1) is 5.92 Å². The summed E-state index contributed by atoms with van der Waals surface area (Å²) in [6.07, 6.45) is 8.14. The molecule has 1 aromatic carbocycles. The summed E-state index contributed by atoms with van der Waals surface area (Å²) >= 11 is 0. The molecule has 1 fully saturated rings. The van der Waals surface area contributed by atoms with Crippen LogP contribution >= 0.6 is 0 Å². The van der Waals surface area contributed by atoms with Crippen LogP contribution in [0.2, 0.25) is 0 Å². The fourth-order valence-corrected chi connectivity index (χ4v) is 3.65. The number of nitrogens with one attached hydrogen (secondary N) is 3. The van der Waals surface area contributed by atoms with E-state index in [2.05, 4.69) is 33.9 Å². The van der Waals surface area contributed by atoms with Crippen molar-refractivity contribution in [2.45, 2.75) is 44.6 Å². The monoisotopic (exact) mass is 329 g/mol. The second-order valence-corrected chi connectivity index (χ2v) is 6.70. The maximum atomic E-state index is 12.0. The fourth-order valence-electron chi connectivity index (χ4n) is 3.65. The molecule has 0 bridgehead atoms. The lowest BCUT2D eigenvalue weighted by Gasteiger charge is -2.30. The van der Waals surface area contributed by atoms with E-state index in [1.807, 2.05) is 12.1 Å². The Morgan fingerprint density at radius 2 is 2.08 bits per heavy atom. The van der Waals surface area contributed by atoms with Crippen LogP contribution in [0.4, 0.5) is 4.79 Å². The molecule has 0 saturated heterocycles. The number of carbonyl (C=O) groups is 1. The molecular weight excluding hydrogens is 302 g/mol. The van der Waals surface area contributed by atoms with Gasteiger partial charge in [-0.15, -0.1) is 0 Å². The third-order valence-electron chi connectivity index (χ3n) is 5.04. The Bertz CT molecular complexity index is 667. The van der Waals surface area contributed by atoms with Crippen molar-refractivity contribution in [1.82, 2.24) is 15.6 Å². The quantitative estimate of drug-likeness (QED) is 0.615. The summed E-state index contributed by atoms with van der Waals surface area (Å²) in [7, 11) is 0. The van der Waals surface area contributed by atoms with Crippen LogP contribution < -0.4 is 10.6 Å². The van der Waals surface area contributed by atoms with Gasteiger partial charge in [-0.2, -0.15) is 0 Å². The summed E-state index contributed by atoms with van der Waals surface area (Å²) in [5.74, 6) is 0.204. The largest absolute Gasteiger partial charge is 0.396 e. The van der Waals surface area contributed by atoms with E-state index in [1.165, 1.54) is 10.9 Å². The standard InChI is InChI=1S/C19H27N3O2/c23-13-15-6-1-3-9-17(15)22-19(24)20-11-5-7-14-12-21-18-10-4-2-8-16(14)18/h2,4,8,10,12,15,17,21,23H,1,3,5-7,9,11,13H2,(H2,20,22,24). The highest BCUT2D eigenvalue weighted by Gasteiger charge is 2.25. The average Bonchev–Trinajstić information content (AvgIpc) is 3.02. The first kappa shape index (κ1) is 16.8. The minimum atomic E-state index is -0.112. The molecule has 2 amide bonds. The van der Waals surface area contributed by atoms with Gasteiger partial charge in [-0.3, -0.25) is 0 Å². The maximum absolute atomic E-state index is 12.0. The van der Waals surface area contributed by atoms with E-state index in [0.29, 0.717) is 6.54 Å². The van der Waals surface area contributed by atoms with Crippen molar-refractivity contribution >= 4 is 16.9 Å². The molecule has 1 aliphatic carbocycles. The van der Waals surface area contributed by atoms with Gasteiger partial charge in [0, 0.05) is 42.2 Å². The summed E-state index contributed by atoms with van der Waals surface area (Å²) < 4.78 is 0. The number of benzene rings is 1. The first-order chi connectivity index (χ1) is 11.8. The minimum absolute atomic E-state index is 0.109. The lowest BCUT2D eigenvalue weighted by atomic mass is 9.85. The van der Waals surface area contributed by atoms with Crippen molar-refractivity contribution in [3.63, 3.8) is 0 Å². The third kappa shape index (κ3) is 4.09. The number of amides is 2. The van der Waals surface area contributed by atoms with Gasteiger partial charge in [0.2, 0.25) is 0 Å². The van der Waals surface area contributed by atoms with E-state index in [4.69, 9.17) is 0 Å². The highest BCUT2D eigenvalue weighted by molar-refractivity contribution is 5.83. The van der Waals surface area contributed by atoms with Crippen LogP contribution in [-0.4, -0.2) is 35.3 Å². The van der Waals surface area contributed by atoms with Gasteiger partial charge in [0.05, 0.1) is 0 Å². The number of fused-ring (bicyclic) bond motifs is 1. The van der Waals surface area contributed by atoms with E-state index in [0.717, 1.165) is 44.0 Å². The van der Waals surface area contributed by atoms with Crippen molar-refractivity contribution in [2.24, 2.45) is 5.92 Å². The Labute approximate surface area is 142 Å². The van der Waals surface area contributed by atoms with Gasteiger partial charge in [-0.05, 0) is 37.3 Å². The Morgan fingerprint density at radius 3 is 2.96 bits per heavy atom. The molecule has 24 heavy (non-hydrogen) atoms. The lowest BCUT2D eigenvalue weighted by Crippen LogP contribution is -2.47. The molecule has 2 atom stereocenters. The molecule has 0 spiro atoms. The van der Waals surface area contributed by atoms with Gasteiger partial charge < -0.3 is 20.7 Å². The molecule has 5 nitrogen and oxygen atoms in total. The van der Waals surface area contributed by atoms with Crippen molar-refractivity contribution in [3.8, 4) is 0 Å². The molecule has 1 aliphatic rings. The number of aryl methyl sites for hydroxylation is 1. The van der Waals surface area contributed by atoms with E-state index in [-0.39, 0.29) is 24.6 Å². The second-order valence-electron chi connectivity index (χ2n) is 6.70. The smallest absolute Gasteiger partial charge is 0.315 e. The van der Waals surface area contributed by atoms with Crippen molar-refractivity contribution < 1.29 is 9.90 Å². The topological polar surface area (TPSA) is 77.2 Å². The zero-order valence-electron chi connectivity index (χ0n) is 14.1.